The molecule has 0 aliphatic carbocycles. The van der Waals surface area contributed by atoms with E-state index in [0.717, 1.165) is 30.2 Å². The van der Waals surface area contributed by atoms with Crippen molar-refractivity contribution >= 4 is 11.6 Å². The fourth-order valence-corrected chi connectivity index (χ4v) is 1.97. The number of aromatic nitrogens is 1. The monoisotopic (exact) mass is 226 g/mol. The van der Waals surface area contributed by atoms with Crippen molar-refractivity contribution < 1.29 is 4.74 Å². The highest BCUT2D eigenvalue weighted by molar-refractivity contribution is 6.31. The van der Waals surface area contributed by atoms with E-state index in [2.05, 4.69) is 17.2 Å². The largest absolute Gasteiger partial charge is 0.377 e. The lowest BCUT2D eigenvalue weighted by atomic mass is 10.1. The summed E-state index contributed by atoms with van der Waals surface area (Å²) in [6, 6.07) is 2.38. The molecular formula is C11H15ClN2O. The van der Waals surface area contributed by atoms with Crippen LogP contribution in [0.15, 0.2) is 18.5 Å². The Bertz CT molecular complexity index is 332. The molecule has 1 aliphatic heterocycles. The number of hydrogen-bond acceptors (Lipinski definition) is 3. The van der Waals surface area contributed by atoms with E-state index in [0.29, 0.717) is 12.1 Å². The maximum atomic E-state index is 6.01. The summed E-state index contributed by atoms with van der Waals surface area (Å²) in [5.41, 5.74) is 1.09. The number of pyridine rings is 1. The molecule has 1 saturated heterocycles. The van der Waals surface area contributed by atoms with Gasteiger partial charge in [-0.25, -0.2) is 0 Å². The van der Waals surface area contributed by atoms with Crippen molar-refractivity contribution in [1.29, 1.82) is 0 Å². The van der Waals surface area contributed by atoms with Gasteiger partial charge in [0.15, 0.2) is 0 Å². The summed E-state index contributed by atoms with van der Waals surface area (Å²) < 4.78 is 5.48. The lowest BCUT2D eigenvalue weighted by Crippen LogP contribution is -2.34. The second-order valence-corrected chi connectivity index (χ2v) is 4.23. The van der Waals surface area contributed by atoms with Crippen LogP contribution in [-0.4, -0.2) is 23.7 Å². The Balaban J connectivity index is 1.90. The first kappa shape index (κ1) is 10.9. The van der Waals surface area contributed by atoms with Crippen LogP contribution in [0.1, 0.15) is 18.9 Å². The molecule has 4 heteroatoms. The lowest BCUT2D eigenvalue weighted by Gasteiger charge is -2.16. The van der Waals surface area contributed by atoms with Crippen LogP contribution in [0.5, 0.6) is 0 Å². The number of halogens is 1. The summed E-state index contributed by atoms with van der Waals surface area (Å²) in [6.07, 6.45) is 4.81. The highest BCUT2D eigenvalue weighted by Crippen LogP contribution is 2.16. The minimum atomic E-state index is 0.297. The van der Waals surface area contributed by atoms with Gasteiger partial charge >= 0.3 is 0 Å². The fourth-order valence-electron chi connectivity index (χ4n) is 1.79. The van der Waals surface area contributed by atoms with Gasteiger partial charge in [-0.1, -0.05) is 11.6 Å². The lowest BCUT2D eigenvalue weighted by molar-refractivity contribution is 0.113. The SMILES string of the molecule is CC1OCCC1NCc1ccncc1Cl. The van der Waals surface area contributed by atoms with Gasteiger partial charge in [0.25, 0.3) is 0 Å². The van der Waals surface area contributed by atoms with Crippen LogP contribution in [0.2, 0.25) is 5.02 Å². The van der Waals surface area contributed by atoms with Crippen LogP contribution >= 0.6 is 11.6 Å². The molecule has 15 heavy (non-hydrogen) atoms. The Labute approximate surface area is 94.8 Å². The quantitative estimate of drug-likeness (QED) is 0.856. The number of ether oxygens (including phenoxy) is 1. The molecule has 1 aromatic heterocycles. The van der Waals surface area contributed by atoms with Gasteiger partial charge in [-0.05, 0) is 25.0 Å². The van der Waals surface area contributed by atoms with Crippen molar-refractivity contribution in [3.05, 3.63) is 29.0 Å². The van der Waals surface area contributed by atoms with Crippen molar-refractivity contribution in [3.63, 3.8) is 0 Å². The number of rotatable bonds is 3. The third-order valence-electron chi connectivity index (χ3n) is 2.79. The first-order valence-electron chi connectivity index (χ1n) is 5.21. The smallest absolute Gasteiger partial charge is 0.0700 e. The zero-order valence-corrected chi connectivity index (χ0v) is 9.50. The molecule has 2 unspecified atom stereocenters. The molecule has 0 saturated carbocycles. The van der Waals surface area contributed by atoms with E-state index in [-0.39, 0.29) is 0 Å². The Kier molecular flexibility index (Phi) is 3.57. The van der Waals surface area contributed by atoms with E-state index in [9.17, 15) is 0 Å². The Morgan fingerprint density at radius 2 is 2.53 bits per heavy atom. The maximum Gasteiger partial charge on any atom is 0.0700 e. The Morgan fingerprint density at radius 1 is 1.67 bits per heavy atom. The zero-order valence-electron chi connectivity index (χ0n) is 8.74. The van der Waals surface area contributed by atoms with E-state index in [4.69, 9.17) is 16.3 Å². The average Bonchev–Trinajstić information content (AvgIpc) is 2.63. The fraction of sp³-hybridized carbons (Fsp3) is 0.545. The molecule has 1 fully saturated rings. The molecule has 1 aromatic rings. The standard InChI is InChI=1S/C11H15ClN2O/c1-8-11(3-5-15-8)14-6-9-2-4-13-7-10(9)12/h2,4,7-8,11,14H,3,5-6H2,1H3. The summed E-state index contributed by atoms with van der Waals surface area (Å²) in [7, 11) is 0. The van der Waals surface area contributed by atoms with E-state index in [1.165, 1.54) is 0 Å². The molecule has 0 bridgehead atoms. The molecule has 0 amide bonds. The van der Waals surface area contributed by atoms with Gasteiger partial charge in [-0.3, -0.25) is 4.98 Å². The Morgan fingerprint density at radius 3 is 3.20 bits per heavy atom. The molecule has 0 aromatic carbocycles. The van der Waals surface area contributed by atoms with E-state index in [1.54, 1.807) is 12.4 Å². The third kappa shape index (κ3) is 2.68. The molecule has 1 N–H and O–H groups in total. The Hall–Kier alpha value is -0.640. The summed E-state index contributed by atoms with van der Waals surface area (Å²) in [5.74, 6) is 0. The van der Waals surface area contributed by atoms with Gasteiger partial charge in [-0.2, -0.15) is 0 Å². The molecule has 3 nitrogen and oxygen atoms in total. The molecule has 0 radical (unpaired) electrons. The highest BCUT2D eigenvalue weighted by Gasteiger charge is 2.23. The first-order chi connectivity index (χ1) is 7.27. The third-order valence-corrected chi connectivity index (χ3v) is 3.13. The summed E-state index contributed by atoms with van der Waals surface area (Å²) in [5, 5.41) is 4.17. The molecule has 2 heterocycles. The van der Waals surface area contributed by atoms with Crippen LogP contribution in [-0.2, 0) is 11.3 Å². The zero-order chi connectivity index (χ0) is 10.7. The predicted molar refractivity (Wildman–Crippen MR) is 59.9 cm³/mol. The van der Waals surface area contributed by atoms with E-state index < -0.39 is 0 Å². The van der Waals surface area contributed by atoms with Gasteiger partial charge in [0.05, 0.1) is 11.1 Å². The van der Waals surface area contributed by atoms with Gasteiger partial charge in [0.1, 0.15) is 0 Å². The maximum absolute atomic E-state index is 6.01. The average molecular weight is 227 g/mol. The van der Waals surface area contributed by atoms with Crippen LogP contribution in [0.3, 0.4) is 0 Å². The topological polar surface area (TPSA) is 34.1 Å². The molecule has 82 valence electrons. The van der Waals surface area contributed by atoms with Gasteiger partial charge in [0, 0.05) is 31.6 Å². The van der Waals surface area contributed by atoms with Crippen LogP contribution in [0.4, 0.5) is 0 Å². The van der Waals surface area contributed by atoms with E-state index in [1.807, 2.05) is 6.07 Å². The molecular weight excluding hydrogens is 212 g/mol. The summed E-state index contributed by atoms with van der Waals surface area (Å²) in [4.78, 5) is 3.96. The first-order valence-corrected chi connectivity index (χ1v) is 5.58. The molecule has 2 rings (SSSR count). The van der Waals surface area contributed by atoms with Crippen molar-refractivity contribution in [2.75, 3.05) is 6.61 Å². The van der Waals surface area contributed by atoms with Crippen LogP contribution in [0.25, 0.3) is 0 Å². The number of hydrogen-bond donors (Lipinski definition) is 1. The molecule has 0 spiro atoms. The van der Waals surface area contributed by atoms with Gasteiger partial charge in [-0.15, -0.1) is 0 Å². The van der Waals surface area contributed by atoms with Crippen LogP contribution in [0, 0.1) is 0 Å². The molecule has 1 aliphatic rings. The van der Waals surface area contributed by atoms with Gasteiger partial charge < -0.3 is 10.1 Å². The van der Waals surface area contributed by atoms with Gasteiger partial charge in [0.2, 0.25) is 0 Å². The predicted octanol–water partition coefficient (Wildman–Crippen LogP) is 2.00. The van der Waals surface area contributed by atoms with Crippen LogP contribution < -0.4 is 5.32 Å². The number of nitrogens with one attached hydrogen (secondary N) is 1. The summed E-state index contributed by atoms with van der Waals surface area (Å²) in [6.45, 7) is 3.72. The highest BCUT2D eigenvalue weighted by atomic mass is 35.5. The second kappa shape index (κ2) is 4.92. The summed E-state index contributed by atoms with van der Waals surface area (Å²) >= 11 is 6.01. The minimum Gasteiger partial charge on any atom is -0.377 e. The van der Waals surface area contributed by atoms with Crippen molar-refractivity contribution in [3.8, 4) is 0 Å². The van der Waals surface area contributed by atoms with Crippen molar-refractivity contribution in [1.82, 2.24) is 10.3 Å². The normalized spacial score (nSPS) is 25.7. The number of nitrogens with zero attached hydrogens (tertiary/aromatic N) is 1. The second-order valence-electron chi connectivity index (χ2n) is 3.82. The molecule has 2 atom stereocenters. The van der Waals surface area contributed by atoms with Crippen molar-refractivity contribution in [2.45, 2.75) is 32.0 Å². The minimum absolute atomic E-state index is 0.297. The van der Waals surface area contributed by atoms with Crippen molar-refractivity contribution in [2.24, 2.45) is 0 Å². The van der Waals surface area contributed by atoms with E-state index >= 15 is 0 Å².